The van der Waals surface area contributed by atoms with Crippen LogP contribution in [0.4, 0.5) is 17.6 Å². The van der Waals surface area contributed by atoms with Gasteiger partial charge < -0.3 is 15.0 Å². The van der Waals surface area contributed by atoms with Crippen LogP contribution in [0.3, 0.4) is 0 Å². The molecule has 2 aromatic carbocycles. The highest BCUT2D eigenvalue weighted by Gasteiger charge is 2.33. The van der Waals surface area contributed by atoms with E-state index in [1.807, 2.05) is 0 Å². The third kappa shape index (κ3) is 3.63. The number of halogens is 4. The fourth-order valence-electron chi connectivity index (χ4n) is 2.59. The lowest BCUT2D eigenvalue weighted by molar-refractivity contribution is -0.138. The van der Waals surface area contributed by atoms with Gasteiger partial charge in [-0.2, -0.15) is 13.2 Å². The summed E-state index contributed by atoms with van der Waals surface area (Å²) in [6.45, 7) is -0.382. The lowest BCUT2D eigenvalue weighted by Crippen LogP contribution is -2.24. The number of alkyl halides is 3. The Bertz CT molecular complexity index is 963. The van der Waals surface area contributed by atoms with Crippen molar-refractivity contribution in [2.45, 2.75) is 12.7 Å². The molecule has 3 aromatic rings. The summed E-state index contributed by atoms with van der Waals surface area (Å²) in [6, 6.07) is 9.11. The maximum atomic E-state index is 13.1. The molecule has 0 fully saturated rings. The van der Waals surface area contributed by atoms with Crippen LogP contribution in [0.2, 0.25) is 0 Å². The molecule has 0 bridgehead atoms. The van der Waals surface area contributed by atoms with Crippen molar-refractivity contribution in [3.8, 4) is 5.75 Å². The fraction of sp³-hybridized carbons (Fsp3) is 0.167. The minimum atomic E-state index is -4.71. The van der Waals surface area contributed by atoms with Gasteiger partial charge in [0.25, 0.3) is 5.91 Å². The van der Waals surface area contributed by atoms with Crippen LogP contribution in [0.1, 0.15) is 21.6 Å². The van der Waals surface area contributed by atoms with Crippen molar-refractivity contribution in [1.29, 1.82) is 0 Å². The third-order valence-electron chi connectivity index (χ3n) is 3.89. The molecule has 0 saturated heterocycles. The zero-order chi connectivity index (χ0) is 18.9. The van der Waals surface area contributed by atoms with Crippen LogP contribution in [0.25, 0.3) is 10.9 Å². The Morgan fingerprint density at radius 2 is 1.92 bits per heavy atom. The summed E-state index contributed by atoms with van der Waals surface area (Å²) in [7, 11) is 1.51. The molecule has 136 valence electrons. The van der Waals surface area contributed by atoms with Gasteiger partial charge in [-0.25, -0.2) is 4.39 Å². The van der Waals surface area contributed by atoms with Crippen LogP contribution in [-0.4, -0.2) is 18.0 Å². The highest BCUT2D eigenvalue weighted by molar-refractivity contribution is 5.98. The smallest absolute Gasteiger partial charge is 0.416 e. The number of aromatic nitrogens is 1. The molecule has 0 aliphatic heterocycles. The number of nitrogens with one attached hydrogen (secondary N) is 2. The van der Waals surface area contributed by atoms with Gasteiger partial charge in [-0.3, -0.25) is 4.79 Å². The Hall–Kier alpha value is -3.03. The molecule has 0 aliphatic rings. The summed E-state index contributed by atoms with van der Waals surface area (Å²) in [6.07, 6.45) is -4.71. The fourth-order valence-corrected chi connectivity index (χ4v) is 2.59. The standard InChI is InChI=1S/C18H14F4N2O2/c1-26-13-5-3-10-6-16(24-15(10)8-13)17(25)23-9-11-2-4-12(19)7-14(11)18(20,21)22/h2-8,24H,9H2,1H3,(H,23,25). The average Bonchev–Trinajstić information content (AvgIpc) is 3.02. The molecule has 0 saturated carbocycles. The van der Waals surface area contributed by atoms with E-state index in [2.05, 4.69) is 10.3 Å². The van der Waals surface area contributed by atoms with E-state index in [0.717, 1.165) is 17.5 Å². The number of fused-ring (bicyclic) bond motifs is 1. The minimum Gasteiger partial charge on any atom is -0.497 e. The lowest BCUT2D eigenvalue weighted by Gasteiger charge is -2.13. The zero-order valence-electron chi connectivity index (χ0n) is 13.6. The monoisotopic (exact) mass is 366 g/mol. The van der Waals surface area contributed by atoms with E-state index in [0.29, 0.717) is 17.3 Å². The number of ether oxygens (including phenoxy) is 1. The van der Waals surface area contributed by atoms with E-state index in [-0.39, 0.29) is 17.8 Å². The summed E-state index contributed by atoms with van der Waals surface area (Å²) < 4.78 is 57.2. The predicted molar refractivity (Wildman–Crippen MR) is 87.4 cm³/mol. The first-order valence-corrected chi connectivity index (χ1v) is 7.58. The van der Waals surface area contributed by atoms with E-state index >= 15 is 0 Å². The molecular formula is C18H14F4N2O2. The van der Waals surface area contributed by atoms with E-state index < -0.39 is 23.5 Å². The number of carbonyl (C=O) groups is 1. The third-order valence-corrected chi connectivity index (χ3v) is 3.89. The molecule has 26 heavy (non-hydrogen) atoms. The Morgan fingerprint density at radius 3 is 2.62 bits per heavy atom. The first-order chi connectivity index (χ1) is 12.3. The molecule has 8 heteroatoms. The maximum Gasteiger partial charge on any atom is 0.416 e. The Balaban J connectivity index is 1.79. The summed E-state index contributed by atoms with van der Waals surface area (Å²) in [4.78, 5) is 15.1. The molecule has 0 spiro atoms. The van der Waals surface area contributed by atoms with Crippen molar-refractivity contribution >= 4 is 16.8 Å². The Kier molecular flexibility index (Phi) is 4.58. The van der Waals surface area contributed by atoms with Gasteiger partial charge in [0.1, 0.15) is 17.3 Å². The topological polar surface area (TPSA) is 54.1 Å². The highest BCUT2D eigenvalue weighted by Crippen LogP contribution is 2.32. The van der Waals surface area contributed by atoms with Crippen molar-refractivity contribution in [3.63, 3.8) is 0 Å². The van der Waals surface area contributed by atoms with Crippen molar-refractivity contribution in [1.82, 2.24) is 10.3 Å². The first kappa shape index (κ1) is 17.8. The average molecular weight is 366 g/mol. The van der Waals surface area contributed by atoms with Gasteiger partial charge in [0.2, 0.25) is 0 Å². The Labute approximate surface area is 145 Å². The zero-order valence-corrected chi connectivity index (χ0v) is 13.6. The molecule has 1 aromatic heterocycles. The second-order valence-electron chi connectivity index (χ2n) is 5.62. The number of methoxy groups -OCH3 is 1. The van der Waals surface area contributed by atoms with Crippen LogP contribution < -0.4 is 10.1 Å². The molecule has 0 unspecified atom stereocenters. The number of hydrogen-bond acceptors (Lipinski definition) is 2. The lowest BCUT2D eigenvalue weighted by atomic mass is 10.1. The first-order valence-electron chi connectivity index (χ1n) is 7.58. The number of hydrogen-bond donors (Lipinski definition) is 2. The molecule has 4 nitrogen and oxygen atoms in total. The van der Waals surface area contributed by atoms with Gasteiger partial charge in [-0.1, -0.05) is 6.07 Å². The van der Waals surface area contributed by atoms with Crippen LogP contribution in [0, 0.1) is 5.82 Å². The van der Waals surface area contributed by atoms with E-state index in [1.54, 1.807) is 24.3 Å². The second-order valence-corrected chi connectivity index (χ2v) is 5.62. The van der Waals surface area contributed by atoms with Gasteiger partial charge in [-0.05, 0) is 35.9 Å². The summed E-state index contributed by atoms with van der Waals surface area (Å²) in [5.41, 5.74) is -0.472. The predicted octanol–water partition coefficient (Wildman–Crippen LogP) is 4.26. The number of aromatic amines is 1. The molecule has 1 heterocycles. The van der Waals surface area contributed by atoms with Crippen LogP contribution in [0.15, 0.2) is 42.5 Å². The number of benzene rings is 2. The van der Waals surface area contributed by atoms with E-state index in [9.17, 15) is 22.4 Å². The van der Waals surface area contributed by atoms with Crippen LogP contribution in [-0.2, 0) is 12.7 Å². The van der Waals surface area contributed by atoms with Gasteiger partial charge in [0, 0.05) is 23.5 Å². The molecular weight excluding hydrogens is 352 g/mol. The quantitative estimate of drug-likeness (QED) is 0.678. The summed E-state index contributed by atoms with van der Waals surface area (Å²) in [5.74, 6) is -0.956. The SMILES string of the molecule is COc1ccc2cc(C(=O)NCc3ccc(F)cc3C(F)(F)F)[nH]c2c1. The normalized spacial score (nSPS) is 11.6. The van der Waals surface area contributed by atoms with Crippen molar-refractivity contribution in [3.05, 3.63) is 65.1 Å². The van der Waals surface area contributed by atoms with Crippen molar-refractivity contribution in [2.75, 3.05) is 7.11 Å². The molecule has 1 amide bonds. The van der Waals surface area contributed by atoms with Gasteiger partial charge in [0.15, 0.2) is 0 Å². The van der Waals surface area contributed by atoms with Crippen molar-refractivity contribution < 1.29 is 27.1 Å². The minimum absolute atomic E-state index is 0.198. The molecule has 0 radical (unpaired) electrons. The molecule has 0 atom stereocenters. The van der Waals surface area contributed by atoms with Crippen LogP contribution >= 0.6 is 0 Å². The highest BCUT2D eigenvalue weighted by atomic mass is 19.4. The number of rotatable bonds is 4. The van der Waals surface area contributed by atoms with E-state index in [4.69, 9.17) is 4.74 Å². The molecule has 0 aliphatic carbocycles. The van der Waals surface area contributed by atoms with Gasteiger partial charge in [0.05, 0.1) is 12.7 Å². The van der Waals surface area contributed by atoms with Crippen molar-refractivity contribution in [2.24, 2.45) is 0 Å². The van der Waals surface area contributed by atoms with Gasteiger partial charge in [-0.15, -0.1) is 0 Å². The second kappa shape index (κ2) is 6.70. The largest absolute Gasteiger partial charge is 0.497 e. The van der Waals surface area contributed by atoms with Gasteiger partial charge >= 0.3 is 6.18 Å². The molecule has 3 rings (SSSR count). The maximum absolute atomic E-state index is 13.1. The summed E-state index contributed by atoms with van der Waals surface area (Å²) >= 11 is 0. The van der Waals surface area contributed by atoms with E-state index in [1.165, 1.54) is 7.11 Å². The number of carbonyl (C=O) groups excluding carboxylic acids is 1. The molecule has 2 N–H and O–H groups in total. The summed E-state index contributed by atoms with van der Waals surface area (Å²) in [5, 5.41) is 3.17. The van der Waals surface area contributed by atoms with Crippen LogP contribution in [0.5, 0.6) is 5.75 Å². The Morgan fingerprint density at radius 1 is 1.15 bits per heavy atom. The number of amides is 1. The number of H-pyrrole nitrogens is 1.